The number of aromatic nitrogens is 2. The molecule has 0 aromatic carbocycles. The van der Waals surface area contributed by atoms with Crippen LogP contribution in [0.5, 0.6) is 0 Å². The van der Waals surface area contributed by atoms with Gasteiger partial charge < -0.3 is 4.90 Å². The third-order valence-electron chi connectivity index (χ3n) is 5.05. The minimum atomic E-state index is 0.258. The van der Waals surface area contributed by atoms with Crippen molar-refractivity contribution >= 4 is 17.2 Å². The lowest BCUT2D eigenvalue weighted by Crippen LogP contribution is -2.39. The van der Waals surface area contributed by atoms with E-state index < -0.39 is 0 Å². The maximum Gasteiger partial charge on any atom is 0.223 e. The molecule has 5 heteroatoms. The summed E-state index contributed by atoms with van der Waals surface area (Å²) in [5, 5.41) is 6.60. The molecular formula is C18H25N3OS. The maximum absolute atomic E-state index is 12.8. The van der Waals surface area contributed by atoms with E-state index in [-0.39, 0.29) is 11.9 Å². The van der Waals surface area contributed by atoms with Crippen molar-refractivity contribution in [3.8, 4) is 0 Å². The van der Waals surface area contributed by atoms with Crippen molar-refractivity contribution in [2.75, 3.05) is 6.54 Å². The van der Waals surface area contributed by atoms with Gasteiger partial charge >= 0.3 is 0 Å². The minimum absolute atomic E-state index is 0.258. The molecule has 124 valence electrons. The molecule has 2 aromatic rings. The van der Waals surface area contributed by atoms with Crippen LogP contribution in [-0.4, -0.2) is 27.1 Å². The van der Waals surface area contributed by atoms with Gasteiger partial charge in [0.05, 0.1) is 11.7 Å². The number of fused-ring (bicyclic) bond motifs is 1. The highest BCUT2D eigenvalue weighted by molar-refractivity contribution is 7.10. The van der Waals surface area contributed by atoms with Crippen molar-refractivity contribution in [1.82, 2.24) is 14.7 Å². The van der Waals surface area contributed by atoms with Crippen LogP contribution in [0.25, 0.3) is 0 Å². The Hall–Kier alpha value is -1.62. The van der Waals surface area contributed by atoms with E-state index in [9.17, 15) is 4.79 Å². The van der Waals surface area contributed by atoms with Gasteiger partial charge in [-0.2, -0.15) is 5.10 Å². The molecule has 2 aromatic heterocycles. The van der Waals surface area contributed by atoms with Crippen molar-refractivity contribution in [1.29, 1.82) is 0 Å². The topological polar surface area (TPSA) is 38.1 Å². The fraction of sp³-hybridized carbons (Fsp3) is 0.556. The third kappa shape index (κ3) is 2.94. The van der Waals surface area contributed by atoms with Crippen LogP contribution >= 0.6 is 11.3 Å². The van der Waals surface area contributed by atoms with Crippen LogP contribution in [0.15, 0.2) is 11.4 Å². The molecule has 0 spiro atoms. The van der Waals surface area contributed by atoms with E-state index in [0.29, 0.717) is 6.42 Å². The Kier molecular flexibility index (Phi) is 4.57. The zero-order valence-corrected chi connectivity index (χ0v) is 15.2. The summed E-state index contributed by atoms with van der Waals surface area (Å²) in [5.41, 5.74) is 4.80. The zero-order chi connectivity index (χ0) is 16.6. The van der Waals surface area contributed by atoms with Gasteiger partial charge in [0.15, 0.2) is 0 Å². The molecule has 0 fully saturated rings. The number of hydrogen-bond donors (Lipinski definition) is 0. The third-order valence-corrected chi connectivity index (χ3v) is 6.05. The highest BCUT2D eigenvalue weighted by atomic mass is 32.1. The van der Waals surface area contributed by atoms with Gasteiger partial charge in [0.2, 0.25) is 5.91 Å². The molecule has 1 amide bonds. The van der Waals surface area contributed by atoms with Crippen molar-refractivity contribution in [3.63, 3.8) is 0 Å². The first-order chi connectivity index (χ1) is 11.0. The van der Waals surface area contributed by atoms with Gasteiger partial charge in [-0.25, -0.2) is 0 Å². The lowest BCUT2D eigenvalue weighted by molar-refractivity contribution is -0.134. The smallest absolute Gasteiger partial charge is 0.223 e. The average molecular weight is 331 g/mol. The van der Waals surface area contributed by atoms with Gasteiger partial charge in [-0.1, -0.05) is 6.92 Å². The van der Waals surface area contributed by atoms with E-state index in [1.807, 2.05) is 30.0 Å². The lowest BCUT2D eigenvalue weighted by Gasteiger charge is -2.35. The van der Waals surface area contributed by atoms with Gasteiger partial charge in [-0.3, -0.25) is 9.48 Å². The molecule has 23 heavy (non-hydrogen) atoms. The van der Waals surface area contributed by atoms with Crippen molar-refractivity contribution in [2.24, 2.45) is 7.05 Å². The Labute approximate surface area is 142 Å². The van der Waals surface area contributed by atoms with Gasteiger partial charge in [0.1, 0.15) is 0 Å². The molecule has 3 rings (SSSR count). The summed E-state index contributed by atoms with van der Waals surface area (Å²) in [6.07, 6.45) is 3.34. The second kappa shape index (κ2) is 6.48. The summed E-state index contributed by atoms with van der Waals surface area (Å²) in [6.45, 7) is 7.14. The van der Waals surface area contributed by atoms with E-state index in [0.717, 1.165) is 31.5 Å². The van der Waals surface area contributed by atoms with Gasteiger partial charge in [0.25, 0.3) is 0 Å². The Morgan fingerprint density at radius 3 is 2.87 bits per heavy atom. The lowest BCUT2D eigenvalue weighted by atomic mass is 9.97. The molecule has 4 nitrogen and oxygen atoms in total. The largest absolute Gasteiger partial charge is 0.335 e. The summed E-state index contributed by atoms with van der Waals surface area (Å²) in [5.74, 6) is 0.274. The van der Waals surface area contributed by atoms with E-state index in [2.05, 4.69) is 35.3 Å². The van der Waals surface area contributed by atoms with Crippen LogP contribution in [0.4, 0.5) is 0 Å². The quantitative estimate of drug-likeness (QED) is 0.859. The molecule has 0 aliphatic carbocycles. The molecule has 0 radical (unpaired) electrons. The summed E-state index contributed by atoms with van der Waals surface area (Å²) >= 11 is 1.83. The number of rotatable bonds is 4. The van der Waals surface area contributed by atoms with Crippen LogP contribution in [-0.2, 0) is 24.7 Å². The number of nitrogens with zero attached hydrogens (tertiary/aromatic N) is 3. The first kappa shape index (κ1) is 16.2. The Morgan fingerprint density at radius 2 is 2.22 bits per heavy atom. The van der Waals surface area contributed by atoms with Gasteiger partial charge in [-0.15, -0.1) is 11.3 Å². The Balaban J connectivity index is 1.71. The Morgan fingerprint density at radius 1 is 1.43 bits per heavy atom. The Bertz CT molecular complexity index is 716. The second-order valence-electron chi connectivity index (χ2n) is 6.33. The number of carbonyl (C=O) groups is 1. The standard InChI is InChI=1S/C18H25N3OS/c1-5-16-15-9-11-23-17(15)8-10-21(16)18(22)7-6-14-12(2)19-20(4)13(14)3/h9,11,16H,5-8,10H2,1-4H3. The maximum atomic E-state index is 12.8. The number of hydrogen-bond acceptors (Lipinski definition) is 3. The first-order valence-corrected chi connectivity index (χ1v) is 9.25. The molecule has 1 aliphatic heterocycles. The van der Waals surface area contributed by atoms with Crippen molar-refractivity contribution in [2.45, 2.75) is 52.5 Å². The normalized spacial score (nSPS) is 17.4. The first-order valence-electron chi connectivity index (χ1n) is 8.37. The average Bonchev–Trinajstić information content (AvgIpc) is 3.10. The highest BCUT2D eigenvalue weighted by Crippen LogP contribution is 2.35. The molecule has 1 atom stereocenters. The van der Waals surface area contributed by atoms with Crippen LogP contribution in [0.2, 0.25) is 0 Å². The molecule has 0 saturated carbocycles. The summed E-state index contributed by atoms with van der Waals surface area (Å²) < 4.78 is 1.91. The molecule has 0 saturated heterocycles. The van der Waals surface area contributed by atoms with Crippen LogP contribution in [0.1, 0.15) is 53.2 Å². The SMILES string of the molecule is CCC1c2ccsc2CCN1C(=O)CCc1c(C)nn(C)c1C. The predicted octanol–water partition coefficient (Wildman–Crippen LogP) is 3.57. The van der Waals surface area contributed by atoms with Gasteiger partial charge in [0, 0.05) is 30.6 Å². The van der Waals surface area contributed by atoms with E-state index in [1.165, 1.54) is 21.7 Å². The van der Waals surface area contributed by atoms with E-state index in [4.69, 9.17) is 0 Å². The molecule has 1 unspecified atom stereocenters. The highest BCUT2D eigenvalue weighted by Gasteiger charge is 2.30. The molecule has 0 bridgehead atoms. The fourth-order valence-corrected chi connectivity index (χ4v) is 4.62. The minimum Gasteiger partial charge on any atom is -0.335 e. The van der Waals surface area contributed by atoms with Crippen molar-refractivity contribution in [3.05, 3.63) is 38.8 Å². The van der Waals surface area contributed by atoms with Gasteiger partial charge in [-0.05, 0) is 55.7 Å². The van der Waals surface area contributed by atoms with Crippen LogP contribution < -0.4 is 0 Å². The van der Waals surface area contributed by atoms with Crippen molar-refractivity contribution < 1.29 is 4.79 Å². The second-order valence-corrected chi connectivity index (χ2v) is 7.33. The van der Waals surface area contributed by atoms with E-state index in [1.54, 1.807) is 0 Å². The zero-order valence-electron chi connectivity index (χ0n) is 14.4. The number of thiophene rings is 1. The predicted molar refractivity (Wildman–Crippen MR) is 93.8 cm³/mol. The monoisotopic (exact) mass is 331 g/mol. The summed E-state index contributed by atoms with van der Waals surface area (Å²) in [6, 6.07) is 2.46. The molecule has 3 heterocycles. The van der Waals surface area contributed by atoms with Crippen LogP contribution in [0.3, 0.4) is 0 Å². The number of aryl methyl sites for hydroxylation is 2. The van der Waals surface area contributed by atoms with E-state index >= 15 is 0 Å². The molecular weight excluding hydrogens is 306 g/mol. The fourth-order valence-electron chi connectivity index (χ4n) is 3.69. The number of amides is 1. The van der Waals surface area contributed by atoms with Crippen LogP contribution in [0, 0.1) is 13.8 Å². The summed E-state index contributed by atoms with van der Waals surface area (Å²) in [7, 11) is 1.96. The number of carbonyl (C=O) groups excluding carboxylic acids is 1. The molecule has 0 N–H and O–H groups in total. The summed E-state index contributed by atoms with van der Waals surface area (Å²) in [4.78, 5) is 16.4. The molecule has 1 aliphatic rings.